The number of benzene rings is 2. The van der Waals surface area contributed by atoms with Crippen molar-refractivity contribution in [1.29, 1.82) is 5.26 Å². The summed E-state index contributed by atoms with van der Waals surface area (Å²) in [5.41, 5.74) is -0.436. The van der Waals surface area contributed by atoms with Gasteiger partial charge in [0.2, 0.25) is 0 Å². The van der Waals surface area contributed by atoms with Crippen LogP contribution in [0.4, 0.5) is 0 Å². The minimum absolute atomic E-state index is 0.0400. The van der Waals surface area contributed by atoms with Crippen molar-refractivity contribution < 1.29 is 33.4 Å². The summed E-state index contributed by atoms with van der Waals surface area (Å²) in [6.45, 7) is 1.59. The molecular formula is C19H7NO7. The number of nitriles is 1. The molecule has 0 radical (unpaired) electrons. The molecule has 2 aromatic carbocycles. The molecule has 8 heteroatoms. The number of carbonyl (C=O) groups is 4. The molecule has 3 heterocycles. The Bertz CT molecular complexity index is 1120. The summed E-state index contributed by atoms with van der Waals surface area (Å²) in [4.78, 5) is 47.4. The maximum atomic E-state index is 11.9. The Morgan fingerprint density at radius 1 is 0.704 bits per heavy atom. The van der Waals surface area contributed by atoms with Crippen LogP contribution < -0.4 is 4.74 Å². The van der Waals surface area contributed by atoms with E-state index in [9.17, 15) is 24.4 Å². The first-order chi connectivity index (χ1) is 12.8. The number of fused-ring (bicyclic) bond motifs is 4. The zero-order chi connectivity index (χ0) is 19.1. The molecule has 0 bridgehead atoms. The van der Waals surface area contributed by atoms with E-state index < -0.39 is 29.3 Å². The van der Waals surface area contributed by atoms with Gasteiger partial charge in [-0.05, 0) is 31.2 Å². The molecule has 8 nitrogen and oxygen atoms in total. The number of esters is 4. The fourth-order valence-corrected chi connectivity index (χ4v) is 3.56. The lowest BCUT2D eigenvalue weighted by molar-refractivity contribution is 0.0425. The molecule has 2 aromatic rings. The van der Waals surface area contributed by atoms with Crippen molar-refractivity contribution in [3.8, 4) is 17.6 Å². The molecule has 27 heavy (non-hydrogen) atoms. The Balaban J connectivity index is 1.80. The van der Waals surface area contributed by atoms with Crippen molar-refractivity contribution in [3.05, 3.63) is 57.6 Å². The molecule has 5 rings (SSSR count). The van der Waals surface area contributed by atoms with E-state index in [1.165, 1.54) is 24.3 Å². The van der Waals surface area contributed by atoms with Gasteiger partial charge in [0.05, 0.1) is 28.3 Å². The van der Waals surface area contributed by atoms with Crippen molar-refractivity contribution >= 4 is 23.9 Å². The molecule has 0 amide bonds. The number of cyclic esters (lactones) is 4. The predicted octanol–water partition coefficient (Wildman–Crippen LogP) is 2.24. The van der Waals surface area contributed by atoms with Gasteiger partial charge in [0, 0.05) is 11.1 Å². The molecule has 130 valence electrons. The van der Waals surface area contributed by atoms with Gasteiger partial charge < -0.3 is 14.2 Å². The average Bonchev–Trinajstić information content (AvgIpc) is 3.08. The largest absolute Gasteiger partial charge is 0.457 e. The number of rotatable bonds is 0. The summed E-state index contributed by atoms with van der Waals surface area (Å²) in [7, 11) is 0. The van der Waals surface area contributed by atoms with Crippen LogP contribution in [0.3, 0.4) is 0 Å². The molecule has 3 aliphatic rings. The lowest BCUT2D eigenvalue weighted by Gasteiger charge is -2.32. The molecule has 0 aromatic heterocycles. The number of nitrogens with zero attached hydrogens (tertiary/aromatic N) is 1. The van der Waals surface area contributed by atoms with Crippen LogP contribution in [-0.4, -0.2) is 23.9 Å². The summed E-state index contributed by atoms with van der Waals surface area (Å²) in [6, 6.07) is 7.63. The van der Waals surface area contributed by atoms with Gasteiger partial charge in [-0.15, -0.1) is 0 Å². The Kier molecular flexibility index (Phi) is 2.60. The van der Waals surface area contributed by atoms with E-state index in [1.54, 1.807) is 6.92 Å². The quantitative estimate of drug-likeness (QED) is 0.517. The lowest BCUT2D eigenvalue weighted by atomic mass is 9.73. The maximum absolute atomic E-state index is 11.9. The van der Waals surface area contributed by atoms with E-state index in [4.69, 9.17) is 4.74 Å². The Morgan fingerprint density at radius 3 is 1.44 bits per heavy atom. The van der Waals surface area contributed by atoms with E-state index in [0.29, 0.717) is 11.1 Å². The highest BCUT2D eigenvalue weighted by molar-refractivity contribution is 6.16. The summed E-state index contributed by atoms with van der Waals surface area (Å²) in [6.07, 6.45) is 0. The van der Waals surface area contributed by atoms with Crippen molar-refractivity contribution in [2.45, 2.75) is 12.3 Å². The van der Waals surface area contributed by atoms with E-state index in [0.717, 1.165) is 0 Å². The van der Waals surface area contributed by atoms with E-state index in [1.807, 2.05) is 0 Å². The molecule has 0 N–H and O–H groups in total. The van der Waals surface area contributed by atoms with Gasteiger partial charge in [-0.3, -0.25) is 0 Å². The van der Waals surface area contributed by atoms with Gasteiger partial charge in [-0.1, -0.05) is 0 Å². The third-order valence-electron chi connectivity index (χ3n) is 5.01. The van der Waals surface area contributed by atoms with Crippen LogP contribution in [0.5, 0.6) is 11.5 Å². The van der Waals surface area contributed by atoms with Crippen molar-refractivity contribution in [2.75, 3.05) is 0 Å². The van der Waals surface area contributed by atoms with Crippen LogP contribution in [0.15, 0.2) is 24.3 Å². The third kappa shape index (κ3) is 1.75. The number of carbonyl (C=O) groups excluding carboxylic acids is 4. The highest BCUT2D eigenvalue weighted by atomic mass is 16.6. The molecule has 0 aliphatic carbocycles. The molecule has 0 unspecified atom stereocenters. The second kappa shape index (κ2) is 4.59. The maximum Gasteiger partial charge on any atom is 0.347 e. The third-order valence-corrected chi connectivity index (χ3v) is 5.01. The first kappa shape index (κ1) is 15.3. The van der Waals surface area contributed by atoms with Crippen LogP contribution in [0.2, 0.25) is 0 Å². The summed E-state index contributed by atoms with van der Waals surface area (Å²) in [5, 5.41) is 9.90. The Morgan fingerprint density at radius 2 is 1.07 bits per heavy atom. The monoisotopic (exact) mass is 361 g/mol. The fourth-order valence-electron chi connectivity index (χ4n) is 3.56. The van der Waals surface area contributed by atoms with Gasteiger partial charge in [0.15, 0.2) is 0 Å². The smallest absolute Gasteiger partial charge is 0.347 e. The highest BCUT2D eigenvalue weighted by Crippen LogP contribution is 2.50. The molecule has 0 saturated heterocycles. The molecule has 0 atom stereocenters. The van der Waals surface area contributed by atoms with Crippen molar-refractivity contribution in [2.24, 2.45) is 0 Å². The van der Waals surface area contributed by atoms with Crippen LogP contribution in [0.1, 0.15) is 59.5 Å². The van der Waals surface area contributed by atoms with Gasteiger partial charge in [-0.2, -0.15) is 5.26 Å². The molecule has 0 fully saturated rings. The minimum atomic E-state index is -1.30. The molecule has 3 aliphatic heterocycles. The zero-order valence-corrected chi connectivity index (χ0v) is 13.6. The standard InChI is InChI=1S/C19H7NO7/c1-19(6-20)11-2-7-9(17(23)26-15(7)21)4-13(11)25-14-5-10-8(3-12(14)19)16(22)27-18(10)24/h2-5H,1H3. The van der Waals surface area contributed by atoms with E-state index in [-0.39, 0.29) is 33.8 Å². The SMILES string of the molecule is CC1(C#N)c2cc3c(cc2Oc2cc4c(cc21)C(=O)OC4=O)C(=O)OC3=O. The van der Waals surface area contributed by atoms with E-state index in [2.05, 4.69) is 15.5 Å². The second-order valence-electron chi connectivity index (χ2n) is 6.48. The predicted molar refractivity (Wildman–Crippen MR) is 84.5 cm³/mol. The van der Waals surface area contributed by atoms with Gasteiger partial charge in [0.25, 0.3) is 0 Å². The molecule has 0 spiro atoms. The van der Waals surface area contributed by atoms with Gasteiger partial charge >= 0.3 is 23.9 Å². The summed E-state index contributed by atoms with van der Waals surface area (Å²) < 4.78 is 15.0. The van der Waals surface area contributed by atoms with Crippen molar-refractivity contribution in [3.63, 3.8) is 0 Å². The highest BCUT2D eigenvalue weighted by Gasteiger charge is 2.44. The minimum Gasteiger partial charge on any atom is -0.457 e. The van der Waals surface area contributed by atoms with Crippen LogP contribution >= 0.6 is 0 Å². The summed E-state index contributed by atoms with van der Waals surface area (Å²) >= 11 is 0. The first-order valence-corrected chi connectivity index (χ1v) is 7.82. The Labute approximate surface area is 150 Å². The first-order valence-electron chi connectivity index (χ1n) is 7.82. The van der Waals surface area contributed by atoms with Gasteiger partial charge in [-0.25, -0.2) is 19.2 Å². The Hall–Kier alpha value is -3.99. The van der Waals surface area contributed by atoms with Crippen LogP contribution in [0.25, 0.3) is 0 Å². The number of hydrogen-bond donors (Lipinski definition) is 0. The lowest BCUT2D eigenvalue weighted by Crippen LogP contribution is -2.27. The second-order valence-corrected chi connectivity index (χ2v) is 6.48. The van der Waals surface area contributed by atoms with E-state index >= 15 is 0 Å². The number of ether oxygens (including phenoxy) is 3. The number of hydrogen-bond acceptors (Lipinski definition) is 8. The summed E-state index contributed by atoms with van der Waals surface area (Å²) in [5.74, 6) is -2.81. The fraction of sp³-hybridized carbons (Fsp3) is 0.105. The molecular weight excluding hydrogens is 354 g/mol. The zero-order valence-electron chi connectivity index (χ0n) is 13.6. The average molecular weight is 361 g/mol. The molecule has 0 saturated carbocycles. The van der Waals surface area contributed by atoms with Gasteiger partial charge in [0.1, 0.15) is 16.9 Å². The van der Waals surface area contributed by atoms with Crippen LogP contribution in [0, 0.1) is 11.3 Å². The van der Waals surface area contributed by atoms with Crippen molar-refractivity contribution in [1.82, 2.24) is 0 Å². The topological polar surface area (TPSA) is 120 Å². The normalized spacial score (nSPS) is 17.8. The van der Waals surface area contributed by atoms with Crippen LogP contribution in [-0.2, 0) is 14.9 Å².